The van der Waals surface area contributed by atoms with Gasteiger partial charge in [0.15, 0.2) is 0 Å². The molecule has 0 saturated carbocycles. The normalized spacial score (nSPS) is 11.1. The Bertz CT molecular complexity index is 462. The lowest BCUT2D eigenvalue weighted by Gasteiger charge is -2.01. The average Bonchev–Trinajstić information content (AvgIpc) is 2.44. The molecule has 14 heavy (non-hydrogen) atoms. The molecule has 1 heterocycles. The number of benzene rings is 1. The molecule has 0 atom stereocenters. The molecule has 2 nitrogen and oxygen atoms in total. The van der Waals surface area contributed by atoms with E-state index in [1.165, 1.54) is 16.5 Å². The minimum absolute atomic E-state index is 0.176. The minimum atomic E-state index is 0.176. The van der Waals surface area contributed by atoms with Crippen LogP contribution in [0.25, 0.3) is 10.9 Å². The zero-order chi connectivity index (χ0) is 10.1. The van der Waals surface area contributed by atoms with E-state index in [0.717, 1.165) is 4.47 Å². The molecule has 0 aliphatic carbocycles. The number of hydrogen-bond acceptors (Lipinski definition) is 1. The largest absolute Gasteiger partial charge is 0.395 e. The number of aliphatic hydroxyl groups excluding tert-OH is 1. The monoisotopic (exact) mass is 253 g/mol. The van der Waals surface area contributed by atoms with E-state index in [0.29, 0.717) is 6.54 Å². The first-order valence-electron chi connectivity index (χ1n) is 4.58. The molecule has 1 N–H and O–H groups in total. The van der Waals surface area contributed by atoms with Crippen molar-refractivity contribution in [3.8, 4) is 0 Å². The van der Waals surface area contributed by atoms with Crippen molar-refractivity contribution in [1.29, 1.82) is 0 Å². The third kappa shape index (κ3) is 1.57. The third-order valence-corrected chi connectivity index (χ3v) is 2.88. The number of nitrogens with zero attached hydrogens (tertiary/aromatic N) is 1. The van der Waals surface area contributed by atoms with Crippen LogP contribution in [-0.4, -0.2) is 16.3 Å². The summed E-state index contributed by atoms with van der Waals surface area (Å²) in [6.07, 6.45) is 2.08. The van der Waals surface area contributed by atoms with Gasteiger partial charge in [0, 0.05) is 28.1 Å². The Labute approximate surface area is 91.3 Å². The van der Waals surface area contributed by atoms with Gasteiger partial charge in [0.25, 0.3) is 0 Å². The van der Waals surface area contributed by atoms with Gasteiger partial charge in [-0.15, -0.1) is 0 Å². The molecule has 0 aliphatic heterocycles. The number of halogens is 1. The van der Waals surface area contributed by atoms with Crippen LogP contribution in [-0.2, 0) is 6.54 Å². The third-order valence-electron chi connectivity index (χ3n) is 2.38. The first kappa shape index (κ1) is 9.74. The van der Waals surface area contributed by atoms with E-state index in [1.54, 1.807) is 0 Å². The van der Waals surface area contributed by atoms with Crippen LogP contribution in [0.15, 0.2) is 28.9 Å². The van der Waals surface area contributed by atoms with Crippen LogP contribution >= 0.6 is 15.9 Å². The van der Waals surface area contributed by atoms with Crippen molar-refractivity contribution in [1.82, 2.24) is 4.57 Å². The van der Waals surface area contributed by atoms with E-state index in [4.69, 9.17) is 5.11 Å². The van der Waals surface area contributed by atoms with Crippen molar-refractivity contribution in [2.45, 2.75) is 13.5 Å². The van der Waals surface area contributed by atoms with Crippen LogP contribution in [0.2, 0.25) is 0 Å². The highest BCUT2D eigenvalue weighted by Crippen LogP contribution is 2.24. The average molecular weight is 254 g/mol. The molecule has 0 unspecified atom stereocenters. The highest BCUT2D eigenvalue weighted by molar-refractivity contribution is 9.10. The standard InChI is InChI=1S/C11H12BrNO/c1-8-7-13(4-5-14)11-6-9(12)2-3-10(8)11/h2-3,6-7,14H,4-5H2,1H3. The second kappa shape index (κ2) is 3.75. The number of hydrogen-bond donors (Lipinski definition) is 1. The summed E-state index contributed by atoms with van der Waals surface area (Å²) in [4.78, 5) is 0. The zero-order valence-electron chi connectivity index (χ0n) is 8.00. The molecule has 3 heteroatoms. The van der Waals surface area contributed by atoms with Crippen molar-refractivity contribution in [3.63, 3.8) is 0 Å². The predicted molar refractivity (Wildman–Crippen MR) is 61.5 cm³/mol. The summed E-state index contributed by atoms with van der Waals surface area (Å²) in [5.74, 6) is 0. The van der Waals surface area contributed by atoms with Crippen molar-refractivity contribution in [2.75, 3.05) is 6.61 Å². The lowest BCUT2D eigenvalue weighted by Crippen LogP contribution is -1.99. The maximum Gasteiger partial charge on any atom is 0.0610 e. The van der Waals surface area contributed by atoms with Gasteiger partial charge in [-0.1, -0.05) is 22.0 Å². The van der Waals surface area contributed by atoms with Crippen molar-refractivity contribution in [2.24, 2.45) is 0 Å². The van der Waals surface area contributed by atoms with Crippen LogP contribution in [0.4, 0.5) is 0 Å². The van der Waals surface area contributed by atoms with Gasteiger partial charge in [-0.3, -0.25) is 0 Å². The fraction of sp³-hybridized carbons (Fsp3) is 0.273. The molecular formula is C11H12BrNO. The summed E-state index contributed by atoms with van der Waals surface area (Å²) >= 11 is 3.45. The molecule has 74 valence electrons. The number of aromatic nitrogens is 1. The van der Waals surface area contributed by atoms with E-state index in [-0.39, 0.29) is 6.61 Å². The molecule has 0 aliphatic rings. The highest BCUT2D eigenvalue weighted by Gasteiger charge is 2.04. The fourth-order valence-electron chi connectivity index (χ4n) is 1.74. The van der Waals surface area contributed by atoms with Crippen molar-refractivity contribution < 1.29 is 5.11 Å². The van der Waals surface area contributed by atoms with Gasteiger partial charge in [-0.25, -0.2) is 0 Å². The van der Waals surface area contributed by atoms with Gasteiger partial charge in [0.1, 0.15) is 0 Å². The summed E-state index contributed by atoms with van der Waals surface area (Å²) in [6, 6.07) is 6.22. The molecule has 2 rings (SSSR count). The molecule has 0 radical (unpaired) electrons. The Morgan fingerprint density at radius 2 is 2.21 bits per heavy atom. The molecule has 0 fully saturated rings. The summed E-state index contributed by atoms with van der Waals surface area (Å²) in [5.41, 5.74) is 2.42. The van der Waals surface area contributed by atoms with E-state index in [9.17, 15) is 0 Å². The maximum atomic E-state index is 8.93. The number of aliphatic hydroxyl groups is 1. The molecule has 0 spiro atoms. The van der Waals surface area contributed by atoms with Gasteiger partial charge in [0.2, 0.25) is 0 Å². The van der Waals surface area contributed by atoms with Crippen molar-refractivity contribution in [3.05, 3.63) is 34.4 Å². The Morgan fingerprint density at radius 3 is 2.93 bits per heavy atom. The minimum Gasteiger partial charge on any atom is -0.395 e. The van der Waals surface area contributed by atoms with Gasteiger partial charge >= 0.3 is 0 Å². The van der Waals surface area contributed by atoms with Gasteiger partial charge in [-0.2, -0.15) is 0 Å². The topological polar surface area (TPSA) is 25.2 Å². The van der Waals surface area contributed by atoms with Gasteiger partial charge in [0.05, 0.1) is 6.61 Å². The van der Waals surface area contributed by atoms with Crippen LogP contribution in [0.1, 0.15) is 5.56 Å². The molecule has 1 aromatic heterocycles. The molecule has 0 bridgehead atoms. The van der Waals surface area contributed by atoms with Gasteiger partial charge < -0.3 is 9.67 Å². The highest BCUT2D eigenvalue weighted by atomic mass is 79.9. The second-order valence-corrected chi connectivity index (χ2v) is 4.31. The lowest BCUT2D eigenvalue weighted by atomic mass is 10.2. The Morgan fingerprint density at radius 1 is 1.43 bits per heavy atom. The van der Waals surface area contributed by atoms with E-state index < -0.39 is 0 Å². The lowest BCUT2D eigenvalue weighted by molar-refractivity contribution is 0.278. The second-order valence-electron chi connectivity index (χ2n) is 3.39. The van der Waals surface area contributed by atoms with Crippen molar-refractivity contribution >= 4 is 26.8 Å². The first-order valence-corrected chi connectivity index (χ1v) is 5.37. The summed E-state index contributed by atoms with van der Waals surface area (Å²) in [7, 11) is 0. The Kier molecular flexibility index (Phi) is 2.61. The molecule has 0 amide bonds. The van der Waals surface area contributed by atoms with Gasteiger partial charge in [-0.05, 0) is 24.6 Å². The predicted octanol–water partition coefficient (Wildman–Crippen LogP) is 2.70. The molecule has 1 aromatic carbocycles. The van der Waals surface area contributed by atoms with E-state index in [2.05, 4.69) is 45.8 Å². The van der Waals surface area contributed by atoms with Crippen LogP contribution in [0.5, 0.6) is 0 Å². The quantitative estimate of drug-likeness (QED) is 0.875. The molecule has 0 saturated heterocycles. The number of aryl methyl sites for hydroxylation is 1. The first-order chi connectivity index (χ1) is 6.72. The SMILES string of the molecule is Cc1cn(CCO)c2cc(Br)ccc12. The van der Waals surface area contributed by atoms with E-state index >= 15 is 0 Å². The number of rotatable bonds is 2. The smallest absolute Gasteiger partial charge is 0.0610 e. The van der Waals surface area contributed by atoms with Crippen LogP contribution in [0.3, 0.4) is 0 Å². The summed E-state index contributed by atoms with van der Waals surface area (Å²) in [6.45, 7) is 2.92. The fourth-order valence-corrected chi connectivity index (χ4v) is 2.09. The Hall–Kier alpha value is -0.800. The Balaban J connectivity index is 2.66. The van der Waals surface area contributed by atoms with E-state index in [1.807, 2.05) is 6.07 Å². The molecule has 2 aromatic rings. The number of fused-ring (bicyclic) bond motifs is 1. The van der Waals surface area contributed by atoms with Crippen LogP contribution < -0.4 is 0 Å². The summed E-state index contributed by atoms with van der Waals surface area (Å²) in [5, 5.41) is 10.2. The van der Waals surface area contributed by atoms with Crippen LogP contribution in [0, 0.1) is 6.92 Å². The molecular weight excluding hydrogens is 242 g/mol. The zero-order valence-corrected chi connectivity index (χ0v) is 9.58. The maximum absolute atomic E-state index is 8.93. The summed E-state index contributed by atoms with van der Waals surface area (Å²) < 4.78 is 3.15.